The number of esters is 2. The summed E-state index contributed by atoms with van der Waals surface area (Å²) in [4.78, 5) is 77.0. The second kappa shape index (κ2) is 14.7. The van der Waals surface area contributed by atoms with Crippen molar-refractivity contribution in [1.82, 2.24) is 0 Å². The first-order chi connectivity index (χ1) is 16.7. The maximum atomic E-state index is 12.2. The first-order valence-electron chi connectivity index (χ1n) is 11.6. The largest absolute Gasteiger partial charge is 0.457 e. The average molecular weight is 507 g/mol. The smallest absolute Gasteiger partial charge is 0.442 e. The number of carbonyl (C=O) groups excluding carboxylic acids is 6. The molecule has 0 radical (unpaired) electrons. The number of unbranched alkanes of at least 4 members (excludes halogenated alkanes) is 5. The predicted molar refractivity (Wildman–Crippen MR) is 126 cm³/mol. The number of rotatable bonds is 17. The maximum Gasteiger partial charge on any atom is 0.442 e. The molecule has 0 spiro atoms. The Kier molecular flexibility index (Phi) is 13.2. The summed E-state index contributed by atoms with van der Waals surface area (Å²) in [6, 6.07) is 0. The molecular weight excluding hydrogens is 472 g/mol. The van der Waals surface area contributed by atoms with Crippen LogP contribution in [0.5, 0.6) is 0 Å². The molecule has 0 aromatic heterocycles. The van der Waals surface area contributed by atoms with Gasteiger partial charge >= 0.3 is 23.4 Å². The summed E-state index contributed by atoms with van der Waals surface area (Å²) in [6.07, 6.45) is 3.93. The standard InChI is InChI=1S/C24H34N4O8/c1-15(29)23(3,4)19(31)17(27-25)21(33)35-13-11-9-7-8-10-12-14-36-22(34)18(28-26)20(32)24(5,6)16(2)30/h7-14H2,1-6H3. The van der Waals surface area contributed by atoms with E-state index in [1.54, 1.807) is 0 Å². The summed E-state index contributed by atoms with van der Waals surface area (Å²) >= 11 is 0. The van der Waals surface area contributed by atoms with E-state index < -0.39 is 57.3 Å². The molecule has 0 saturated heterocycles. The van der Waals surface area contributed by atoms with Gasteiger partial charge in [0.1, 0.15) is 11.6 Å². The SMILES string of the molecule is CC(=O)C(C)(C)C(=O)C(=[N+]=[N-])C(=O)OCCCCCCCCOC(=O)C(=[N+]=[N-])C(=O)C(C)(C)C(C)=O. The fourth-order valence-electron chi connectivity index (χ4n) is 2.65. The van der Waals surface area contributed by atoms with Crippen molar-refractivity contribution in [3.8, 4) is 0 Å². The van der Waals surface area contributed by atoms with Gasteiger partial charge in [0.2, 0.25) is 0 Å². The summed E-state index contributed by atoms with van der Waals surface area (Å²) < 4.78 is 9.91. The monoisotopic (exact) mass is 506 g/mol. The van der Waals surface area contributed by atoms with Gasteiger partial charge in [-0.1, -0.05) is 25.7 Å². The predicted octanol–water partition coefficient (Wildman–Crippen LogP) is 2.12. The van der Waals surface area contributed by atoms with Crippen LogP contribution < -0.4 is 0 Å². The maximum absolute atomic E-state index is 12.2. The summed E-state index contributed by atoms with van der Waals surface area (Å²) in [5.74, 6) is -5.02. The average Bonchev–Trinajstić information content (AvgIpc) is 2.80. The molecule has 0 unspecified atom stereocenters. The van der Waals surface area contributed by atoms with Crippen molar-refractivity contribution in [1.29, 1.82) is 0 Å². The normalized spacial score (nSPS) is 10.9. The van der Waals surface area contributed by atoms with Gasteiger partial charge in [-0.2, -0.15) is 9.58 Å². The van der Waals surface area contributed by atoms with Gasteiger partial charge in [-0.15, -0.1) is 0 Å². The van der Waals surface area contributed by atoms with E-state index in [9.17, 15) is 28.8 Å². The fraction of sp³-hybridized carbons (Fsp3) is 0.667. The quantitative estimate of drug-likeness (QED) is 0.0714. The van der Waals surface area contributed by atoms with Gasteiger partial charge in [-0.25, -0.2) is 9.59 Å². The minimum atomic E-state index is -1.51. The third-order valence-electron chi connectivity index (χ3n) is 5.92. The van der Waals surface area contributed by atoms with E-state index in [2.05, 4.69) is 9.58 Å². The van der Waals surface area contributed by atoms with Gasteiger partial charge in [0, 0.05) is 0 Å². The van der Waals surface area contributed by atoms with Crippen molar-refractivity contribution < 1.29 is 47.8 Å². The Morgan fingerprint density at radius 3 is 1.11 bits per heavy atom. The van der Waals surface area contributed by atoms with Crippen molar-refractivity contribution in [2.75, 3.05) is 13.2 Å². The molecule has 0 aromatic rings. The Morgan fingerprint density at radius 2 is 0.861 bits per heavy atom. The zero-order valence-electron chi connectivity index (χ0n) is 21.7. The third-order valence-corrected chi connectivity index (χ3v) is 5.92. The number of hydrogen-bond donors (Lipinski definition) is 0. The first kappa shape index (κ1) is 32.4. The van der Waals surface area contributed by atoms with Gasteiger partial charge < -0.3 is 20.5 Å². The van der Waals surface area contributed by atoms with Crippen LogP contribution in [0, 0.1) is 10.8 Å². The van der Waals surface area contributed by atoms with E-state index in [0.29, 0.717) is 25.7 Å². The zero-order chi connectivity index (χ0) is 28.1. The van der Waals surface area contributed by atoms with Crippen LogP contribution in [0.15, 0.2) is 0 Å². The molecule has 0 fully saturated rings. The Hall–Kier alpha value is -3.62. The number of hydrogen-bond acceptors (Lipinski definition) is 8. The molecule has 0 bridgehead atoms. The zero-order valence-corrected chi connectivity index (χ0v) is 21.7. The Labute approximate surface area is 209 Å². The molecule has 0 aliphatic carbocycles. The molecule has 12 nitrogen and oxygen atoms in total. The number of Topliss-reactive ketones (excluding diaryl/α,β-unsaturated/α-hetero) is 4. The van der Waals surface area contributed by atoms with E-state index in [0.717, 1.165) is 12.8 Å². The van der Waals surface area contributed by atoms with Crippen LogP contribution in [0.1, 0.15) is 80.1 Å². The van der Waals surface area contributed by atoms with Crippen molar-refractivity contribution in [2.24, 2.45) is 10.8 Å². The number of carbonyl (C=O) groups is 6. The minimum Gasteiger partial charge on any atom is -0.457 e. The third kappa shape index (κ3) is 9.20. The summed E-state index contributed by atoms with van der Waals surface area (Å²) in [5, 5.41) is 0. The fourth-order valence-corrected chi connectivity index (χ4v) is 2.65. The molecule has 0 N–H and O–H groups in total. The van der Waals surface area contributed by atoms with Crippen LogP contribution in [0.2, 0.25) is 0 Å². The number of ether oxygens (including phenoxy) is 2. The van der Waals surface area contributed by atoms with E-state index in [1.165, 1.54) is 41.5 Å². The topological polar surface area (TPSA) is 194 Å². The molecule has 198 valence electrons. The highest BCUT2D eigenvalue weighted by Crippen LogP contribution is 2.19. The van der Waals surface area contributed by atoms with Crippen LogP contribution in [-0.2, 0) is 38.2 Å². The van der Waals surface area contributed by atoms with E-state index in [-0.39, 0.29) is 13.2 Å². The molecule has 0 aliphatic rings. The van der Waals surface area contributed by atoms with Crippen LogP contribution in [0.3, 0.4) is 0 Å². The minimum absolute atomic E-state index is 0.00282. The summed E-state index contributed by atoms with van der Waals surface area (Å²) in [5.41, 5.74) is 13.3. The van der Waals surface area contributed by atoms with Gasteiger partial charge in [-0.05, 0) is 54.4 Å². The molecule has 12 heteroatoms. The second-order valence-electron chi connectivity index (χ2n) is 9.31. The number of ketones is 4. The molecule has 0 amide bonds. The molecule has 0 heterocycles. The highest BCUT2D eigenvalue weighted by Gasteiger charge is 2.45. The second-order valence-corrected chi connectivity index (χ2v) is 9.31. The first-order valence-corrected chi connectivity index (χ1v) is 11.6. The Morgan fingerprint density at radius 1 is 0.583 bits per heavy atom. The summed E-state index contributed by atoms with van der Waals surface area (Å²) in [7, 11) is 0. The van der Waals surface area contributed by atoms with Crippen molar-refractivity contribution in [2.45, 2.75) is 80.1 Å². The van der Waals surface area contributed by atoms with Crippen molar-refractivity contribution in [3.63, 3.8) is 0 Å². The van der Waals surface area contributed by atoms with Crippen LogP contribution >= 0.6 is 0 Å². The Bertz CT molecular complexity index is 920. The highest BCUT2D eigenvalue weighted by atomic mass is 16.5. The van der Waals surface area contributed by atoms with Gasteiger partial charge in [0.25, 0.3) is 11.6 Å². The number of nitrogens with zero attached hydrogens (tertiary/aromatic N) is 4. The lowest BCUT2D eigenvalue weighted by Crippen LogP contribution is -2.41. The van der Waals surface area contributed by atoms with Gasteiger partial charge in [-0.3, -0.25) is 19.2 Å². The van der Waals surface area contributed by atoms with Crippen molar-refractivity contribution >= 4 is 46.5 Å². The molecule has 0 rings (SSSR count). The molecular formula is C24H34N4O8. The van der Waals surface area contributed by atoms with Crippen LogP contribution in [-0.4, -0.2) is 69.3 Å². The lowest BCUT2D eigenvalue weighted by atomic mass is 9.82. The van der Waals surface area contributed by atoms with E-state index >= 15 is 0 Å². The van der Waals surface area contributed by atoms with E-state index in [1.807, 2.05) is 0 Å². The molecule has 0 aliphatic heterocycles. The summed E-state index contributed by atoms with van der Waals surface area (Å²) in [6.45, 7) is 7.68. The molecule has 0 saturated carbocycles. The lowest BCUT2D eigenvalue weighted by Gasteiger charge is -2.15. The van der Waals surface area contributed by atoms with Crippen LogP contribution in [0.4, 0.5) is 0 Å². The molecule has 0 atom stereocenters. The highest BCUT2D eigenvalue weighted by molar-refractivity contribution is 6.65. The van der Waals surface area contributed by atoms with Crippen molar-refractivity contribution in [3.05, 3.63) is 11.1 Å². The van der Waals surface area contributed by atoms with E-state index in [4.69, 9.17) is 20.5 Å². The lowest BCUT2D eigenvalue weighted by molar-refractivity contribution is -0.146. The molecule has 36 heavy (non-hydrogen) atoms. The molecule has 0 aromatic carbocycles. The van der Waals surface area contributed by atoms with Gasteiger partial charge in [0.05, 0.1) is 24.0 Å². The van der Waals surface area contributed by atoms with Gasteiger partial charge in [0.15, 0.2) is 0 Å². The Balaban J connectivity index is 4.24. The van der Waals surface area contributed by atoms with Crippen LogP contribution in [0.25, 0.3) is 11.1 Å².